The maximum Gasteiger partial charge on any atom is 0.369 e. The molecule has 0 spiro atoms. The van der Waals surface area contributed by atoms with Gasteiger partial charge in [-0.2, -0.15) is 9.98 Å². The highest BCUT2D eigenvalue weighted by molar-refractivity contribution is 8.08. The van der Waals surface area contributed by atoms with Gasteiger partial charge in [-0.3, -0.25) is 4.79 Å². The smallest absolute Gasteiger partial charge is 0.369 e. The van der Waals surface area contributed by atoms with Crippen LogP contribution in [0, 0.1) is 0 Å². The number of hydrogen-bond donors (Lipinski definition) is 1. The molecule has 33 heavy (non-hydrogen) atoms. The summed E-state index contributed by atoms with van der Waals surface area (Å²) in [6, 6.07) is 19.0. The Labute approximate surface area is 190 Å². The molecule has 0 aliphatic carbocycles. The second-order valence-corrected chi connectivity index (χ2v) is 9.51. The lowest BCUT2D eigenvalue weighted by molar-refractivity contribution is 0.0989. The van der Waals surface area contributed by atoms with E-state index in [2.05, 4.69) is 9.98 Å². The second kappa shape index (κ2) is 7.79. The van der Waals surface area contributed by atoms with Crippen LogP contribution >= 0.6 is 0 Å². The largest absolute Gasteiger partial charge is 0.399 e. The summed E-state index contributed by atoms with van der Waals surface area (Å²) in [5.74, 6) is -0.186. The molecule has 8 nitrogen and oxygen atoms in total. The number of nitrogens with zero attached hydrogens (tertiary/aromatic N) is 3. The molecule has 0 fully saturated rings. The molecule has 9 heteroatoms. The van der Waals surface area contributed by atoms with Gasteiger partial charge in [0.25, 0.3) is 5.91 Å². The van der Waals surface area contributed by atoms with Gasteiger partial charge in [-0.15, -0.1) is 0 Å². The number of rotatable bonds is 3. The van der Waals surface area contributed by atoms with Crippen molar-refractivity contribution in [2.24, 2.45) is 9.98 Å². The van der Waals surface area contributed by atoms with Gasteiger partial charge in [0.15, 0.2) is 5.04 Å². The van der Waals surface area contributed by atoms with Crippen molar-refractivity contribution in [3.63, 3.8) is 0 Å². The molecule has 2 aliphatic rings. The average Bonchev–Trinajstić information content (AvgIpc) is 3.43. The van der Waals surface area contributed by atoms with E-state index in [1.165, 1.54) is 12.1 Å². The Hall–Kier alpha value is -4.11. The van der Waals surface area contributed by atoms with Crippen molar-refractivity contribution >= 4 is 43.9 Å². The number of urea groups is 1. The Morgan fingerprint density at radius 1 is 0.939 bits per heavy atom. The van der Waals surface area contributed by atoms with Crippen molar-refractivity contribution in [3.05, 3.63) is 89.5 Å². The lowest BCUT2D eigenvalue weighted by Crippen LogP contribution is -2.28. The lowest BCUT2D eigenvalue weighted by atomic mass is 10.1. The number of anilines is 2. The average molecular weight is 458 g/mol. The maximum atomic E-state index is 13.4. The Kier molecular flexibility index (Phi) is 4.90. The van der Waals surface area contributed by atoms with Gasteiger partial charge in [0.2, 0.25) is 9.84 Å². The number of nitrogens with two attached hydrogens (primary N) is 1. The Balaban J connectivity index is 1.48. The van der Waals surface area contributed by atoms with Gasteiger partial charge in [0.05, 0.1) is 4.90 Å². The molecule has 3 aromatic carbocycles. The fraction of sp³-hybridized carbons (Fsp3) is 0.0833. The molecular weight excluding hydrogens is 440 g/mol. The quantitative estimate of drug-likeness (QED) is 0.604. The fourth-order valence-electron chi connectivity index (χ4n) is 3.93. The molecule has 3 aromatic rings. The van der Waals surface area contributed by atoms with Gasteiger partial charge in [0, 0.05) is 29.0 Å². The number of carbonyl (C=O) groups is 2. The number of hydrogen-bond acceptors (Lipinski definition) is 5. The molecule has 0 atom stereocenters. The summed E-state index contributed by atoms with van der Waals surface area (Å²) in [5, 5.41) is -0.369. The number of sulfone groups is 1. The summed E-state index contributed by atoms with van der Waals surface area (Å²) in [6.45, 7) is 0.429. The molecule has 164 valence electrons. The first kappa shape index (κ1) is 20.8. The first-order valence-corrected chi connectivity index (χ1v) is 11.7. The highest BCUT2D eigenvalue weighted by Gasteiger charge is 2.35. The number of fused-ring (bicyclic) bond motifs is 1. The van der Waals surface area contributed by atoms with Crippen LogP contribution in [0.3, 0.4) is 0 Å². The molecule has 0 saturated carbocycles. The first-order chi connectivity index (χ1) is 15.8. The number of benzene rings is 3. The van der Waals surface area contributed by atoms with E-state index in [9.17, 15) is 18.0 Å². The summed E-state index contributed by atoms with van der Waals surface area (Å²) < 4.78 is 26.8. The highest BCUT2D eigenvalue weighted by atomic mass is 32.2. The van der Waals surface area contributed by atoms with Crippen LogP contribution in [0.25, 0.3) is 0 Å². The summed E-state index contributed by atoms with van der Waals surface area (Å²) in [5.41, 5.74) is 8.66. The zero-order chi connectivity index (χ0) is 23.2. The van der Waals surface area contributed by atoms with E-state index in [1.54, 1.807) is 65.6 Å². The molecule has 3 amide bonds. The van der Waals surface area contributed by atoms with Crippen molar-refractivity contribution in [3.8, 4) is 0 Å². The highest BCUT2D eigenvalue weighted by Crippen LogP contribution is 2.32. The van der Waals surface area contributed by atoms with Crippen LogP contribution < -0.4 is 10.6 Å². The van der Waals surface area contributed by atoms with Crippen molar-refractivity contribution in [1.82, 2.24) is 0 Å². The van der Waals surface area contributed by atoms with Crippen molar-refractivity contribution in [2.45, 2.75) is 11.3 Å². The molecule has 2 heterocycles. The van der Waals surface area contributed by atoms with Crippen molar-refractivity contribution in [2.75, 3.05) is 17.2 Å². The fourth-order valence-corrected chi connectivity index (χ4v) is 5.31. The molecule has 2 aliphatic heterocycles. The van der Waals surface area contributed by atoms with E-state index < -0.39 is 15.9 Å². The van der Waals surface area contributed by atoms with Crippen LogP contribution in [-0.4, -0.2) is 37.7 Å². The van der Waals surface area contributed by atoms with Crippen LogP contribution in [0.15, 0.2) is 87.7 Å². The summed E-state index contributed by atoms with van der Waals surface area (Å²) >= 11 is 0. The number of aliphatic imine (C=N–C) groups is 2. The SMILES string of the molecule is Nc1ccc(C(=O)N2CCc3cc(S(=O)(=O)C4=NC(=O)N=C4c4ccccc4)ccc32)cc1. The molecule has 2 N–H and O–H groups in total. The van der Waals surface area contributed by atoms with Crippen molar-refractivity contribution in [1.29, 1.82) is 0 Å². The van der Waals surface area contributed by atoms with Gasteiger partial charge < -0.3 is 10.6 Å². The van der Waals surface area contributed by atoms with E-state index in [1.807, 2.05) is 0 Å². The molecule has 0 aromatic heterocycles. The minimum Gasteiger partial charge on any atom is -0.399 e. The monoisotopic (exact) mass is 458 g/mol. The standard InChI is InChI=1S/C24H18N4O4S/c25-18-8-6-16(7-9-18)23(29)28-13-12-17-14-19(10-11-20(17)28)33(31,32)22-21(26-24(30)27-22)15-4-2-1-3-5-15/h1-11,14H,12-13,25H2. The zero-order valence-corrected chi connectivity index (χ0v) is 18.1. The van der Waals surface area contributed by atoms with Gasteiger partial charge in [-0.25, -0.2) is 13.2 Å². The molecule has 0 unspecified atom stereocenters. The number of amides is 3. The van der Waals surface area contributed by atoms with Gasteiger partial charge in [-0.05, 0) is 54.4 Å². The third kappa shape index (κ3) is 3.62. The predicted molar refractivity (Wildman–Crippen MR) is 126 cm³/mol. The molecule has 0 saturated heterocycles. The van der Waals surface area contributed by atoms with Crippen molar-refractivity contribution < 1.29 is 18.0 Å². The van der Waals surface area contributed by atoms with E-state index in [0.29, 0.717) is 35.5 Å². The van der Waals surface area contributed by atoms with Gasteiger partial charge >= 0.3 is 6.03 Å². The van der Waals surface area contributed by atoms with Crippen LogP contribution in [-0.2, 0) is 16.3 Å². The van der Waals surface area contributed by atoms with Crippen LogP contribution in [0.2, 0.25) is 0 Å². The minimum absolute atomic E-state index is 0.000106. The van der Waals surface area contributed by atoms with E-state index in [4.69, 9.17) is 5.73 Å². The van der Waals surface area contributed by atoms with Crippen LogP contribution in [0.1, 0.15) is 21.5 Å². The van der Waals surface area contributed by atoms with Gasteiger partial charge in [0.1, 0.15) is 5.71 Å². The lowest BCUT2D eigenvalue weighted by Gasteiger charge is -2.18. The maximum absolute atomic E-state index is 13.4. The first-order valence-electron chi connectivity index (χ1n) is 10.2. The summed E-state index contributed by atoms with van der Waals surface area (Å²) in [7, 11) is -4.10. The van der Waals surface area contributed by atoms with Gasteiger partial charge in [-0.1, -0.05) is 30.3 Å². The molecule has 0 radical (unpaired) electrons. The predicted octanol–water partition coefficient (Wildman–Crippen LogP) is 3.27. The summed E-state index contributed by atoms with van der Waals surface area (Å²) in [6.07, 6.45) is 0.504. The van der Waals surface area contributed by atoms with E-state index in [0.717, 1.165) is 5.56 Å². The summed E-state index contributed by atoms with van der Waals surface area (Å²) in [4.78, 5) is 33.9. The molecular formula is C24H18N4O4S. The number of nitrogen functional groups attached to an aromatic ring is 1. The third-order valence-electron chi connectivity index (χ3n) is 5.57. The second-order valence-electron chi connectivity index (χ2n) is 7.65. The van der Waals surface area contributed by atoms with Crippen LogP contribution in [0.4, 0.5) is 16.2 Å². The zero-order valence-electron chi connectivity index (χ0n) is 17.3. The molecule has 5 rings (SSSR count). The minimum atomic E-state index is -4.10. The molecule has 0 bridgehead atoms. The van der Waals surface area contributed by atoms with E-state index >= 15 is 0 Å². The topological polar surface area (TPSA) is 122 Å². The third-order valence-corrected chi connectivity index (χ3v) is 7.24. The van der Waals surface area contributed by atoms with E-state index in [-0.39, 0.29) is 21.6 Å². The normalized spacial score (nSPS) is 15.3. The Morgan fingerprint density at radius 2 is 1.67 bits per heavy atom. The van der Waals surface area contributed by atoms with Crippen LogP contribution in [0.5, 0.6) is 0 Å². The Bertz CT molecular complexity index is 1460. The Morgan fingerprint density at radius 3 is 2.39 bits per heavy atom. The number of carbonyl (C=O) groups excluding carboxylic acids is 2.